The molecule has 0 fully saturated rings. The summed E-state index contributed by atoms with van der Waals surface area (Å²) >= 11 is 7.89. The normalized spacial score (nSPS) is 12.9. The van der Waals surface area contributed by atoms with Gasteiger partial charge in [-0.3, -0.25) is 4.68 Å². The zero-order valence-corrected chi connectivity index (χ0v) is 12.3. The second-order valence-electron chi connectivity index (χ2n) is 4.21. The van der Waals surface area contributed by atoms with Crippen molar-refractivity contribution in [3.63, 3.8) is 0 Å². The first-order valence-electron chi connectivity index (χ1n) is 5.93. The molecule has 0 saturated heterocycles. The molecule has 1 unspecified atom stereocenters. The fraction of sp³-hybridized carbons (Fsp3) is 0.500. The van der Waals surface area contributed by atoms with Crippen LogP contribution in [0.2, 0.25) is 5.15 Å². The van der Waals surface area contributed by atoms with E-state index in [1.165, 1.54) is 0 Å². The number of nitrogens with one attached hydrogen (secondary N) is 1. The molecule has 0 radical (unpaired) electrons. The highest BCUT2D eigenvalue weighted by Crippen LogP contribution is 2.25. The molecule has 6 heteroatoms. The van der Waals surface area contributed by atoms with Gasteiger partial charge in [0.05, 0.1) is 22.9 Å². The van der Waals surface area contributed by atoms with Crippen LogP contribution in [0.3, 0.4) is 0 Å². The molecule has 2 aromatic heterocycles. The van der Waals surface area contributed by atoms with E-state index in [0.29, 0.717) is 5.15 Å². The zero-order valence-electron chi connectivity index (χ0n) is 10.8. The van der Waals surface area contributed by atoms with Crippen molar-refractivity contribution in [1.82, 2.24) is 20.1 Å². The minimum absolute atomic E-state index is 0.196. The van der Waals surface area contributed by atoms with Gasteiger partial charge in [-0.25, -0.2) is 4.98 Å². The van der Waals surface area contributed by atoms with E-state index in [1.807, 2.05) is 19.5 Å². The number of halogens is 1. The van der Waals surface area contributed by atoms with Gasteiger partial charge >= 0.3 is 0 Å². The van der Waals surface area contributed by atoms with Gasteiger partial charge in [-0.15, -0.1) is 11.3 Å². The molecule has 0 spiro atoms. The highest BCUT2D eigenvalue weighted by Gasteiger charge is 2.19. The summed E-state index contributed by atoms with van der Waals surface area (Å²) in [6.45, 7) is 4.99. The van der Waals surface area contributed by atoms with E-state index >= 15 is 0 Å². The molecule has 0 aliphatic rings. The van der Waals surface area contributed by atoms with Crippen LogP contribution in [0.4, 0.5) is 0 Å². The van der Waals surface area contributed by atoms with Crippen LogP contribution in [0, 0.1) is 6.92 Å². The largest absolute Gasteiger partial charge is 0.309 e. The third-order valence-electron chi connectivity index (χ3n) is 2.94. The Morgan fingerprint density at radius 2 is 2.33 bits per heavy atom. The Balaban J connectivity index is 2.24. The van der Waals surface area contributed by atoms with Gasteiger partial charge in [-0.2, -0.15) is 5.10 Å². The Morgan fingerprint density at radius 1 is 1.56 bits per heavy atom. The number of nitrogens with zero attached hydrogens (tertiary/aromatic N) is 3. The first-order chi connectivity index (χ1) is 8.63. The molecule has 2 heterocycles. The van der Waals surface area contributed by atoms with Gasteiger partial charge in [-0.1, -0.05) is 18.5 Å². The van der Waals surface area contributed by atoms with Crippen molar-refractivity contribution >= 4 is 22.9 Å². The summed E-state index contributed by atoms with van der Waals surface area (Å²) in [4.78, 5) is 4.38. The SMILES string of the molecule is CCNC(Cc1c(C)nn(C)c1Cl)c1cscn1. The van der Waals surface area contributed by atoms with E-state index in [9.17, 15) is 0 Å². The molecular formula is C12H17ClN4S. The minimum Gasteiger partial charge on any atom is -0.309 e. The second-order valence-corrected chi connectivity index (χ2v) is 5.28. The van der Waals surface area contributed by atoms with Gasteiger partial charge in [-0.05, 0) is 19.9 Å². The topological polar surface area (TPSA) is 42.7 Å². The maximum absolute atomic E-state index is 6.27. The Hall–Kier alpha value is -0.910. The molecule has 0 aliphatic carbocycles. The van der Waals surface area contributed by atoms with Crippen LogP contribution in [0.25, 0.3) is 0 Å². The number of rotatable bonds is 5. The number of likely N-dealkylation sites (N-methyl/N-ethyl adjacent to an activating group) is 1. The van der Waals surface area contributed by atoms with Crippen molar-refractivity contribution in [2.75, 3.05) is 6.54 Å². The van der Waals surface area contributed by atoms with Crippen LogP contribution in [0.15, 0.2) is 10.9 Å². The Labute approximate surface area is 116 Å². The molecule has 0 bridgehead atoms. The molecule has 2 aromatic rings. The number of aryl methyl sites for hydroxylation is 2. The summed E-state index contributed by atoms with van der Waals surface area (Å²) in [5, 5.41) is 10.6. The standard InChI is InChI=1S/C12H17ClN4S/c1-4-14-10(11-6-18-7-15-11)5-9-8(2)16-17(3)12(9)13/h6-7,10,14H,4-5H2,1-3H3. The summed E-state index contributed by atoms with van der Waals surface area (Å²) in [5.74, 6) is 0. The predicted molar refractivity (Wildman–Crippen MR) is 75.2 cm³/mol. The summed E-state index contributed by atoms with van der Waals surface area (Å²) in [6.07, 6.45) is 0.816. The van der Waals surface area contributed by atoms with E-state index in [1.54, 1.807) is 16.0 Å². The first kappa shape index (κ1) is 13.5. The lowest BCUT2D eigenvalue weighted by molar-refractivity contribution is 0.538. The van der Waals surface area contributed by atoms with Gasteiger partial charge in [0.25, 0.3) is 0 Å². The van der Waals surface area contributed by atoms with E-state index < -0.39 is 0 Å². The molecule has 2 rings (SSSR count). The predicted octanol–water partition coefficient (Wildman–Crippen LogP) is 2.73. The lowest BCUT2D eigenvalue weighted by atomic mass is 10.0. The Kier molecular flexibility index (Phi) is 4.37. The van der Waals surface area contributed by atoms with Gasteiger partial charge in [0, 0.05) is 18.0 Å². The van der Waals surface area contributed by atoms with Crippen LogP contribution < -0.4 is 5.32 Å². The third-order valence-corrected chi connectivity index (χ3v) is 4.01. The van der Waals surface area contributed by atoms with Crippen molar-refractivity contribution in [1.29, 1.82) is 0 Å². The molecule has 4 nitrogen and oxygen atoms in total. The van der Waals surface area contributed by atoms with Crippen LogP contribution in [0.1, 0.15) is 29.9 Å². The molecular weight excluding hydrogens is 268 g/mol. The average Bonchev–Trinajstić information content (AvgIpc) is 2.93. The monoisotopic (exact) mass is 284 g/mol. The van der Waals surface area contributed by atoms with E-state index in [2.05, 4.69) is 27.7 Å². The van der Waals surface area contributed by atoms with Gasteiger partial charge in [0.2, 0.25) is 0 Å². The summed E-state index contributed by atoms with van der Waals surface area (Å²) in [7, 11) is 1.87. The highest BCUT2D eigenvalue weighted by molar-refractivity contribution is 7.07. The Bertz CT molecular complexity index is 506. The van der Waals surface area contributed by atoms with E-state index in [-0.39, 0.29) is 6.04 Å². The molecule has 0 saturated carbocycles. The molecule has 98 valence electrons. The number of aromatic nitrogens is 3. The van der Waals surface area contributed by atoms with Crippen molar-refractivity contribution in [3.8, 4) is 0 Å². The average molecular weight is 285 g/mol. The fourth-order valence-electron chi connectivity index (χ4n) is 2.03. The van der Waals surface area contributed by atoms with Crippen molar-refractivity contribution in [2.45, 2.75) is 26.3 Å². The van der Waals surface area contributed by atoms with Crippen molar-refractivity contribution in [3.05, 3.63) is 33.0 Å². The third kappa shape index (κ3) is 2.74. The van der Waals surface area contributed by atoms with Gasteiger partial charge < -0.3 is 5.32 Å². The van der Waals surface area contributed by atoms with Crippen molar-refractivity contribution < 1.29 is 0 Å². The molecule has 18 heavy (non-hydrogen) atoms. The molecule has 0 amide bonds. The number of hydrogen-bond acceptors (Lipinski definition) is 4. The highest BCUT2D eigenvalue weighted by atomic mass is 35.5. The second kappa shape index (κ2) is 5.82. The summed E-state index contributed by atoms with van der Waals surface area (Å²) < 4.78 is 1.72. The smallest absolute Gasteiger partial charge is 0.130 e. The maximum Gasteiger partial charge on any atom is 0.130 e. The quantitative estimate of drug-likeness (QED) is 0.918. The zero-order chi connectivity index (χ0) is 13.1. The summed E-state index contributed by atoms with van der Waals surface area (Å²) in [5.41, 5.74) is 5.01. The van der Waals surface area contributed by atoms with Gasteiger partial charge in [0.15, 0.2) is 0 Å². The molecule has 1 N–H and O–H groups in total. The van der Waals surface area contributed by atoms with Crippen LogP contribution in [-0.4, -0.2) is 21.3 Å². The molecule has 0 aliphatic heterocycles. The van der Waals surface area contributed by atoms with E-state index in [4.69, 9.17) is 11.6 Å². The van der Waals surface area contributed by atoms with Crippen LogP contribution >= 0.6 is 22.9 Å². The molecule has 1 atom stereocenters. The first-order valence-corrected chi connectivity index (χ1v) is 7.25. The lowest BCUT2D eigenvalue weighted by Gasteiger charge is -2.15. The van der Waals surface area contributed by atoms with Crippen LogP contribution in [-0.2, 0) is 13.5 Å². The minimum atomic E-state index is 0.196. The fourth-order valence-corrected chi connectivity index (χ4v) is 2.89. The van der Waals surface area contributed by atoms with Crippen molar-refractivity contribution in [2.24, 2.45) is 7.05 Å². The van der Waals surface area contributed by atoms with E-state index in [0.717, 1.165) is 29.9 Å². The van der Waals surface area contributed by atoms with Gasteiger partial charge in [0.1, 0.15) is 5.15 Å². The summed E-state index contributed by atoms with van der Waals surface area (Å²) in [6, 6.07) is 0.196. The Morgan fingerprint density at radius 3 is 2.83 bits per heavy atom. The molecule has 0 aromatic carbocycles. The maximum atomic E-state index is 6.27. The lowest BCUT2D eigenvalue weighted by Crippen LogP contribution is -2.23. The van der Waals surface area contributed by atoms with Crippen LogP contribution in [0.5, 0.6) is 0 Å². The number of thiazole rings is 1. The number of hydrogen-bond donors (Lipinski definition) is 1.